The number of fused-ring (bicyclic) bond motifs is 3. The summed E-state index contributed by atoms with van der Waals surface area (Å²) in [5.74, 6) is -1.26. The zero-order chi connectivity index (χ0) is 18.4. The van der Waals surface area contributed by atoms with E-state index in [1.165, 1.54) is 12.1 Å². The fourth-order valence-electron chi connectivity index (χ4n) is 4.50. The van der Waals surface area contributed by atoms with Gasteiger partial charge in [0.05, 0.1) is 11.1 Å². The summed E-state index contributed by atoms with van der Waals surface area (Å²) in [5, 5.41) is 0.811. The van der Waals surface area contributed by atoms with Crippen molar-refractivity contribution in [3.05, 3.63) is 46.9 Å². The molecule has 2 amide bonds. The van der Waals surface area contributed by atoms with Crippen LogP contribution in [0, 0.1) is 5.82 Å². The Balaban J connectivity index is 1.89. The van der Waals surface area contributed by atoms with Gasteiger partial charge in [0.2, 0.25) is 5.91 Å². The average molecular weight is 355 g/mol. The highest BCUT2D eigenvalue weighted by atomic mass is 19.1. The number of primary amides is 1. The van der Waals surface area contributed by atoms with Crippen LogP contribution in [0.4, 0.5) is 4.39 Å². The summed E-state index contributed by atoms with van der Waals surface area (Å²) in [6, 6.07) is 1.25. The Morgan fingerprint density at radius 2 is 2.12 bits per heavy atom. The van der Waals surface area contributed by atoms with Gasteiger partial charge in [0.1, 0.15) is 5.82 Å². The molecule has 6 heteroatoms. The van der Waals surface area contributed by atoms with E-state index in [1.807, 2.05) is 0 Å². The average Bonchev–Trinajstić information content (AvgIpc) is 3.25. The van der Waals surface area contributed by atoms with Crippen LogP contribution in [0.15, 0.2) is 18.7 Å². The number of nitrogens with zero attached hydrogens (tertiary/aromatic N) is 1. The summed E-state index contributed by atoms with van der Waals surface area (Å²) in [4.78, 5) is 28.8. The van der Waals surface area contributed by atoms with Gasteiger partial charge in [0.25, 0.3) is 5.91 Å². The van der Waals surface area contributed by atoms with Crippen molar-refractivity contribution in [3.8, 4) is 0 Å². The number of hydrogen-bond donors (Lipinski definition) is 2. The maximum absolute atomic E-state index is 15.1. The van der Waals surface area contributed by atoms with Crippen molar-refractivity contribution in [2.24, 2.45) is 5.73 Å². The number of aromatic nitrogens is 1. The molecule has 4 rings (SSSR count). The first-order valence-electron chi connectivity index (χ1n) is 9.08. The fourth-order valence-corrected chi connectivity index (χ4v) is 4.50. The SMILES string of the molecule is C=CC(=O)N1CCC(c2c(F)cc(C(N)=O)c3[nH]c4c(c23)CCCC4)C1. The van der Waals surface area contributed by atoms with Crippen LogP contribution < -0.4 is 5.73 Å². The first-order chi connectivity index (χ1) is 12.5. The van der Waals surface area contributed by atoms with Crippen molar-refractivity contribution in [1.29, 1.82) is 0 Å². The Kier molecular flexibility index (Phi) is 4.05. The monoisotopic (exact) mass is 355 g/mol. The van der Waals surface area contributed by atoms with Crippen molar-refractivity contribution in [2.75, 3.05) is 13.1 Å². The topological polar surface area (TPSA) is 79.2 Å². The van der Waals surface area contributed by atoms with E-state index in [2.05, 4.69) is 11.6 Å². The molecular formula is C20H22FN3O2. The predicted molar refractivity (Wildman–Crippen MR) is 97.6 cm³/mol. The van der Waals surface area contributed by atoms with Gasteiger partial charge < -0.3 is 15.6 Å². The molecule has 5 nitrogen and oxygen atoms in total. The molecule has 0 radical (unpaired) electrons. The number of rotatable bonds is 3. The molecule has 0 spiro atoms. The second-order valence-electron chi connectivity index (χ2n) is 7.20. The molecule has 1 unspecified atom stereocenters. The quantitative estimate of drug-likeness (QED) is 0.831. The Labute approximate surface area is 151 Å². The first-order valence-corrected chi connectivity index (χ1v) is 9.08. The minimum absolute atomic E-state index is 0.0925. The molecule has 2 heterocycles. The van der Waals surface area contributed by atoms with E-state index in [4.69, 9.17) is 5.73 Å². The van der Waals surface area contributed by atoms with E-state index in [0.717, 1.165) is 42.3 Å². The molecule has 2 aliphatic rings. The fraction of sp³-hybridized carbons (Fsp3) is 0.400. The number of carbonyl (C=O) groups excluding carboxylic acids is 2. The number of hydrogen-bond acceptors (Lipinski definition) is 2. The molecule has 2 aromatic rings. The Hall–Kier alpha value is -2.63. The third kappa shape index (κ3) is 2.52. The summed E-state index contributed by atoms with van der Waals surface area (Å²) in [6.07, 6.45) is 5.88. The largest absolute Gasteiger partial charge is 0.366 e. The lowest BCUT2D eigenvalue weighted by atomic mass is 9.87. The van der Waals surface area contributed by atoms with Crippen molar-refractivity contribution < 1.29 is 14.0 Å². The first kappa shape index (κ1) is 16.8. The van der Waals surface area contributed by atoms with Crippen molar-refractivity contribution >= 4 is 22.7 Å². The highest BCUT2D eigenvalue weighted by molar-refractivity contribution is 6.07. The molecule has 26 heavy (non-hydrogen) atoms. The number of aryl methyl sites for hydroxylation is 2. The Morgan fingerprint density at radius 1 is 1.35 bits per heavy atom. The van der Waals surface area contributed by atoms with Crippen molar-refractivity contribution in [2.45, 2.75) is 38.0 Å². The maximum Gasteiger partial charge on any atom is 0.250 e. The summed E-state index contributed by atoms with van der Waals surface area (Å²) < 4.78 is 15.1. The van der Waals surface area contributed by atoms with Crippen LogP contribution in [0.5, 0.6) is 0 Å². The molecule has 1 aromatic heterocycles. The zero-order valence-corrected chi connectivity index (χ0v) is 14.6. The van der Waals surface area contributed by atoms with Gasteiger partial charge in [-0.05, 0) is 49.8 Å². The molecule has 136 valence electrons. The van der Waals surface area contributed by atoms with E-state index in [1.54, 1.807) is 4.90 Å². The molecule has 1 atom stereocenters. The van der Waals surface area contributed by atoms with Crippen molar-refractivity contribution in [1.82, 2.24) is 9.88 Å². The molecule has 1 aliphatic carbocycles. The number of H-pyrrole nitrogens is 1. The molecular weight excluding hydrogens is 333 g/mol. The molecule has 3 N–H and O–H groups in total. The maximum atomic E-state index is 15.1. The molecule has 1 saturated heterocycles. The van der Waals surface area contributed by atoms with Gasteiger partial charge in [-0.15, -0.1) is 0 Å². The summed E-state index contributed by atoms with van der Waals surface area (Å²) >= 11 is 0. The van der Waals surface area contributed by atoms with Crippen LogP contribution >= 0.6 is 0 Å². The highest BCUT2D eigenvalue weighted by Crippen LogP contribution is 2.40. The number of halogens is 1. The third-order valence-corrected chi connectivity index (χ3v) is 5.71. The molecule has 1 fully saturated rings. The molecule has 1 aromatic carbocycles. The predicted octanol–water partition coefficient (Wildman–Crippen LogP) is 2.79. The molecule has 0 saturated carbocycles. The lowest BCUT2D eigenvalue weighted by molar-refractivity contribution is -0.125. The van der Waals surface area contributed by atoms with E-state index < -0.39 is 11.7 Å². The zero-order valence-electron chi connectivity index (χ0n) is 14.6. The second-order valence-corrected chi connectivity index (χ2v) is 7.20. The minimum atomic E-state index is -0.631. The van der Waals surface area contributed by atoms with Gasteiger partial charge in [0, 0.05) is 35.7 Å². The van der Waals surface area contributed by atoms with E-state index >= 15 is 4.39 Å². The van der Waals surface area contributed by atoms with Crippen LogP contribution in [-0.2, 0) is 17.6 Å². The van der Waals surface area contributed by atoms with Gasteiger partial charge in [-0.3, -0.25) is 9.59 Å². The number of carbonyl (C=O) groups is 2. The van der Waals surface area contributed by atoms with Gasteiger partial charge in [0.15, 0.2) is 0 Å². The van der Waals surface area contributed by atoms with Gasteiger partial charge in [-0.2, -0.15) is 0 Å². The number of nitrogens with one attached hydrogen (secondary N) is 1. The number of aromatic amines is 1. The van der Waals surface area contributed by atoms with Gasteiger partial charge >= 0.3 is 0 Å². The molecule has 0 bridgehead atoms. The summed E-state index contributed by atoms with van der Waals surface area (Å²) in [6.45, 7) is 4.58. The lowest BCUT2D eigenvalue weighted by Crippen LogP contribution is -2.26. The van der Waals surface area contributed by atoms with E-state index in [0.29, 0.717) is 30.6 Å². The standard InChI is InChI=1S/C20H22FN3O2/c1-2-16(25)24-8-7-11(10-24)17-14(21)9-13(20(22)26)19-18(17)12-5-3-4-6-15(12)23-19/h2,9,11,23H,1,3-8,10H2,(H2,22,26). The van der Waals surface area contributed by atoms with Crippen molar-refractivity contribution in [3.63, 3.8) is 0 Å². The molecule has 1 aliphatic heterocycles. The lowest BCUT2D eigenvalue weighted by Gasteiger charge is -2.18. The summed E-state index contributed by atoms with van der Waals surface area (Å²) in [5.41, 5.74) is 9.15. The number of likely N-dealkylation sites (tertiary alicyclic amines) is 1. The second kappa shape index (κ2) is 6.27. The van der Waals surface area contributed by atoms with Crippen LogP contribution in [0.1, 0.15) is 52.4 Å². The minimum Gasteiger partial charge on any atom is -0.366 e. The van der Waals surface area contributed by atoms with Crippen LogP contribution in [-0.4, -0.2) is 34.8 Å². The van der Waals surface area contributed by atoms with Crippen LogP contribution in [0.3, 0.4) is 0 Å². The summed E-state index contributed by atoms with van der Waals surface area (Å²) in [7, 11) is 0. The van der Waals surface area contributed by atoms with Gasteiger partial charge in [-0.1, -0.05) is 6.58 Å². The Morgan fingerprint density at radius 3 is 2.85 bits per heavy atom. The van der Waals surface area contributed by atoms with Crippen LogP contribution in [0.25, 0.3) is 10.9 Å². The van der Waals surface area contributed by atoms with Crippen LogP contribution in [0.2, 0.25) is 0 Å². The third-order valence-electron chi connectivity index (χ3n) is 5.71. The highest BCUT2D eigenvalue weighted by Gasteiger charge is 2.32. The number of nitrogens with two attached hydrogens (primary N) is 1. The van der Waals surface area contributed by atoms with E-state index in [-0.39, 0.29) is 17.4 Å². The Bertz CT molecular complexity index is 931. The number of amides is 2. The van der Waals surface area contributed by atoms with Gasteiger partial charge in [-0.25, -0.2) is 4.39 Å². The normalized spacial score (nSPS) is 19.6. The number of benzene rings is 1. The van der Waals surface area contributed by atoms with E-state index in [9.17, 15) is 9.59 Å². The smallest absolute Gasteiger partial charge is 0.250 e.